The van der Waals surface area contributed by atoms with E-state index < -0.39 is 48.0 Å². The monoisotopic (exact) mass is 679 g/mol. The Hall–Kier alpha value is -4.26. The fourth-order valence-corrected chi connectivity index (χ4v) is 3.80. The molecule has 4 rings (SSSR count). The van der Waals surface area contributed by atoms with Crippen molar-refractivity contribution in [1.82, 2.24) is 20.6 Å². The number of rotatable bonds is 4. The summed E-state index contributed by atoms with van der Waals surface area (Å²) in [7, 11) is 0. The summed E-state index contributed by atoms with van der Waals surface area (Å²) in [4.78, 5) is 39.7. The third kappa shape index (κ3) is 11.0. The fourth-order valence-electron chi connectivity index (χ4n) is 3.64. The lowest BCUT2D eigenvalue weighted by Gasteiger charge is -2.31. The topological polar surface area (TPSA) is 148 Å². The van der Waals surface area contributed by atoms with Crippen LogP contribution >= 0.6 is 11.6 Å². The summed E-state index contributed by atoms with van der Waals surface area (Å²) < 4.78 is 105. The smallest absolute Gasteiger partial charge is 0.475 e. The summed E-state index contributed by atoms with van der Waals surface area (Å²) in [5, 5.41) is 20.6. The Morgan fingerprint density at radius 3 is 1.93 bits per heavy atom. The van der Waals surface area contributed by atoms with Crippen LogP contribution in [-0.4, -0.2) is 76.6 Å². The number of amides is 1. The van der Waals surface area contributed by atoms with Gasteiger partial charge in [0.05, 0.1) is 22.6 Å². The number of hydrogen-bond donors (Lipinski definition) is 5. The Balaban J connectivity index is 0.000000421. The van der Waals surface area contributed by atoms with Gasteiger partial charge in [-0.15, -0.1) is 0 Å². The molecule has 3 aromatic rings. The van der Waals surface area contributed by atoms with Crippen LogP contribution in [0.15, 0.2) is 36.4 Å². The van der Waals surface area contributed by atoms with Crippen LogP contribution in [-0.2, 0) is 15.8 Å². The van der Waals surface area contributed by atoms with E-state index in [1.54, 1.807) is 30.0 Å². The summed E-state index contributed by atoms with van der Waals surface area (Å²) in [6.07, 6.45) is -14.7. The summed E-state index contributed by atoms with van der Waals surface area (Å²) in [6.45, 7) is 3.87. The van der Waals surface area contributed by atoms with Gasteiger partial charge < -0.3 is 30.7 Å². The maximum atomic E-state index is 13.7. The van der Waals surface area contributed by atoms with Gasteiger partial charge >= 0.3 is 30.5 Å². The van der Waals surface area contributed by atoms with Crippen LogP contribution in [0.2, 0.25) is 5.02 Å². The van der Waals surface area contributed by atoms with Gasteiger partial charge in [-0.3, -0.25) is 4.79 Å². The summed E-state index contributed by atoms with van der Waals surface area (Å²) in [5.41, 5.74) is 0.613. The molecule has 20 heteroatoms. The molecule has 0 aliphatic carbocycles. The highest BCUT2D eigenvalue weighted by Gasteiger charge is 2.39. The number of carboxylic acid groups (broad SMARTS) is 2. The van der Waals surface area contributed by atoms with Crippen molar-refractivity contribution in [3.05, 3.63) is 58.4 Å². The number of hydrogen-bond acceptors (Lipinski definition) is 6. The molecular weight excluding hydrogens is 657 g/mol. The number of anilines is 1. The van der Waals surface area contributed by atoms with Crippen LogP contribution in [0.1, 0.15) is 34.7 Å². The van der Waals surface area contributed by atoms with E-state index in [4.69, 9.17) is 31.4 Å². The third-order valence-electron chi connectivity index (χ3n) is 5.73. The van der Waals surface area contributed by atoms with Crippen LogP contribution in [0.3, 0.4) is 0 Å². The standard InChI is InChI=1S/C21H21ClF3N5O.2C2HF3O2/c1-12(19-28-16-4-3-14(22)11-17(16)29-19)27-20(31)13-2-5-18(15(10-13)21(23,24)25)30-8-6-26-7-9-30;2*3-2(4,5)1(6)7/h2-5,10-12,26H,6-9H2,1H3,(H,27,31)(H,28,29);2*(H,6,7)/t12-;;/m0../s1. The first kappa shape index (κ1) is 36.9. The maximum Gasteiger partial charge on any atom is 0.490 e. The Labute approximate surface area is 252 Å². The number of aromatic nitrogens is 2. The van der Waals surface area contributed by atoms with E-state index in [1.165, 1.54) is 12.1 Å². The summed E-state index contributed by atoms with van der Waals surface area (Å²) in [6, 6.07) is 8.35. The second-order valence-corrected chi connectivity index (χ2v) is 9.49. The minimum atomic E-state index is -5.08. The van der Waals surface area contributed by atoms with Gasteiger partial charge in [0.25, 0.3) is 5.91 Å². The number of benzene rings is 2. The van der Waals surface area contributed by atoms with Crippen LogP contribution < -0.4 is 15.5 Å². The minimum absolute atomic E-state index is 0.0581. The Morgan fingerprint density at radius 2 is 1.44 bits per heavy atom. The molecule has 0 spiro atoms. The number of alkyl halides is 9. The zero-order valence-corrected chi connectivity index (χ0v) is 23.4. The number of H-pyrrole nitrogens is 1. The molecule has 0 bridgehead atoms. The number of carboxylic acids is 2. The number of carbonyl (C=O) groups is 3. The first-order valence-corrected chi connectivity index (χ1v) is 12.7. The van der Waals surface area contributed by atoms with Gasteiger partial charge in [-0.25, -0.2) is 14.6 Å². The van der Waals surface area contributed by atoms with Gasteiger partial charge in [0.2, 0.25) is 0 Å². The highest BCUT2D eigenvalue weighted by atomic mass is 35.5. The van der Waals surface area contributed by atoms with Crippen molar-refractivity contribution in [2.75, 3.05) is 31.1 Å². The lowest BCUT2D eigenvalue weighted by Crippen LogP contribution is -2.44. The van der Waals surface area contributed by atoms with Gasteiger partial charge in [-0.05, 0) is 43.3 Å². The van der Waals surface area contributed by atoms with Crippen molar-refractivity contribution < 1.29 is 64.1 Å². The molecule has 1 aliphatic rings. The zero-order valence-electron chi connectivity index (χ0n) is 22.7. The molecule has 45 heavy (non-hydrogen) atoms. The molecule has 2 aromatic carbocycles. The lowest BCUT2D eigenvalue weighted by molar-refractivity contribution is -0.193. The molecule has 248 valence electrons. The van der Waals surface area contributed by atoms with Gasteiger partial charge in [-0.2, -0.15) is 39.5 Å². The van der Waals surface area contributed by atoms with Crippen molar-refractivity contribution in [3.8, 4) is 0 Å². The highest BCUT2D eigenvalue weighted by Crippen LogP contribution is 2.37. The van der Waals surface area contributed by atoms with Gasteiger partial charge in [0.1, 0.15) is 5.82 Å². The molecule has 0 radical (unpaired) electrons. The normalized spacial score (nSPS) is 14.4. The van der Waals surface area contributed by atoms with Crippen molar-refractivity contribution in [2.24, 2.45) is 0 Å². The van der Waals surface area contributed by atoms with Crippen molar-refractivity contribution in [1.29, 1.82) is 0 Å². The fraction of sp³-hybridized carbons (Fsp3) is 0.360. The van der Waals surface area contributed by atoms with Crippen LogP contribution in [0.4, 0.5) is 45.2 Å². The van der Waals surface area contributed by atoms with E-state index in [0.29, 0.717) is 42.5 Å². The van der Waals surface area contributed by atoms with E-state index in [9.17, 15) is 44.3 Å². The quantitative estimate of drug-likeness (QED) is 0.230. The molecule has 10 nitrogen and oxygen atoms in total. The van der Waals surface area contributed by atoms with Gasteiger partial charge in [0, 0.05) is 42.5 Å². The number of nitrogens with one attached hydrogen (secondary N) is 3. The van der Waals surface area contributed by atoms with E-state index >= 15 is 0 Å². The predicted octanol–water partition coefficient (Wildman–Crippen LogP) is 5.40. The largest absolute Gasteiger partial charge is 0.490 e. The number of carbonyl (C=O) groups excluding carboxylic acids is 1. The minimum Gasteiger partial charge on any atom is -0.475 e. The highest BCUT2D eigenvalue weighted by molar-refractivity contribution is 6.31. The van der Waals surface area contributed by atoms with Crippen molar-refractivity contribution >= 4 is 46.2 Å². The van der Waals surface area contributed by atoms with Crippen LogP contribution in [0.25, 0.3) is 11.0 Å². The molecule has 1 atom stereocenters. The maximum absolute atomic E-state index is 13.7. The molecule has 1 amide bonds. The molecule has 5 N–H and O–H groups in total. The first-order chi connectivity index (χ1) is 20.6. The van der Waals surface area contributed by atoms with Gasteiger partial charge in [-0.1, -0.05) is 11.6 Å². The number of fused-ring (bicyclic) bond motifs is 1. The molecule has 0 unspecified atom stereocenters. The number of imidazole rings is 1. The zero-order chi connectivity index (χ0) is 34.3. The summed E-state index contributed by atoms with van der Waals surface area (Å²) in [5.74, 6) is -5.64. The van der Waals surface area contributed by atoms with Crippen LogP contribution in [0, 0.1) is 0 Å². The van der Waals surface area contributed by atoms with Crippen molar-refractivity contribution in [3.63, 3.8) is 0 Å². The molecule has 1 saturated heterocycles. The molecule has 1 fully saturated rings. The number of aliphatic carboxylic acids is 2. The molecule has 1 aliphatic heterocycles. The number of nitrogens with zero attached hydrogens (tertiary/aromatic N) is 2. The van der Waals surface area contributed by atoms with Crippen molar-refractivity contribution in [2.45, 2.75) is 31.5 Å². The SMILES string of the molecule is C[C@H](NC(=O)c1ccc(N2CCNCC2)c(C(F)(F)F)c1)c1nc2cc(Cl)ccc2[nH]1.O=C(O)C(F)(F)F.O=C(O)C(F)(F)F. The Bertz CT molecular complexity index is 1480. The number of aromatic amines is 1. The van der Waals surface area contributed by atoms with E-state index in [1.807, 2.05) is 0 Å². The molecule has 2 heterocycles. The molecule has 0 saturated carbocycles. The third-order valence-corrected chi connectivity index (χ3v) is 5.96. The predicted molar refractivity (Wildman–Crippen MR) is 141 cm³/mol. The van der Waals surface area contributed by atoms with Crippen LogP contribution in [0.5, 0.6) is 0 Å². The van der Waals surface area contributed by atoms with E-state index in [2.05, 4.69) is 20.6 Å². The lowest BCUT2D eigenvalue weighted by atomic mass is 10.1. The van der Waals surface area contributed by atoms with Gasteiger partial charge in [0.15, 0.2) is 0 Å². The second-order valence-electron chi connectivity index (χ2n) is 9.05. The summed E-state index contributed by atoms with van der Waals surface area (Å²) >= 11 is 5.97. The first-order valence-electron chi connectivity index (χ1n) is 12.3. The average Bonchev–Trinajstić information content (AvgIpc) is 3.36. The number of piperazine rings is 1. The van der Waals surface area contributed by atoms with E-state index in [0.717, 1.165) is 11.6 Å². The number of halogens is 10. The van der Waals surface area contributed by atoms with E-state index in [-0.39, 0.29) is 11.3 Å². The Kier molecular flexibility index (Phi) is 12.0. The molecular formula is C25H23ClF9N5O5. The molecule has 1 aromatic heterocycles. The Morgan fingerprint density at radius 1 is 0.911 bits per heavy atom. The second kappa shape index (κ2) is 14.7. The average molecular weight is 680 g/mol.